The maximum absolute atomic E-state index is 13.2. The minimum Gasteiger partial charge on any atom is -0.382 e. The zero-order valence-electron chi connectivity index (χ0n) is 8.11. The summed E-state index contributed by atoms with van der Waals surface area (Å²) in [5.74, 6) is 0.511. The van der Waals surface area contributed by atoms with Gasteiger partial charge in [0.05, 0.1) is 4.47 Å². The van der Waals surface area contributed by atoms with Crippen molar-refractivity contribution in [3.05, 3.63) is 40.6 Å². The molecule has 0 aliphatic rings. The molecule has 0 fully saturated rings. The molecule has 0 radical (unpaired) electrons. The summed E-state index contributed by atoms with van der Waals surface area (Å²) < 4.78 is 13.6. The predicted molar refractivity (Wildman–Crippen MR) is 63.8 cm³/mol. The maximum atomic E-state index is 13.2. The summed E-state index contributed by atoms with van der Waals surface area (Å²) in [6, 6.07) is 7.99. The number of benzene rings is 1. The molecule has 4 nitrogen and oxygen atoms in total. The third-order valence-electron chi connectivity index (χ3n) is 1.88. The molecule has 0 atom stereocenters. The van der Waals surface area contributed by atoms with Gasteiger partial charge in [0.25, 0.3) is 0 Å². The number of nitrogens with two attached hydrogens (primary N) is 1. The van der Waals surface area contributed by atoms with Crippen LogP contribution in [-0.2, 0) is 0 Å². The SMILES string of the molecule is Nc1ccc(Nc2ccc(Br)c(F)c2)nn1. The minimum atomic E-state index is -0.339. The van der Waals surface area contributed by atoms with Crippen LogP contribution in [0.2, 0.25) is 0 Å². The van der Waals surface area contributed by atoms with E-state index in [1.807, 2.05) is 0 Å². The fraction of sp³-hybridized carbons (Fsp3) is 0. The highest BCUT2D eigenvalue weighted by Crippen LogP contribution is 2.21. The predicted octanol–water partition coefficient (Wildman–Crippen LogP) is 2.70. The van der Waals surface area contributed by atoms with E-state index in [4.69, 9.17) is 5.73 Å². The van der Waals surface area contributed by atoms with Crippen molar-refractivity contribution in [2.45, 2.75) is 0 Å². The Balaban J connectivity index is 2.20. The highest BCUT2D eigenvalue weighted by Gasteiger charge is 2.01. The molecule has 1 aromatic carbocycles. The first-order chi connectivity index (χ1) is 7.65. The van der Waals surface area contributed by atoms with Crippen LogP contribution in [0.5, 0.6) is 0 Å². The van der Waals surface area contributed by atoms with E-state index in [9.17, 15) is 4.39 Å². The molecule has 0 saturated heterocycles. The molecule has 0 bridgehead atoms. The first-order valence-corrected chi connectivity index (χ1v) is 5.26. The first-order valence-electron chi connectivity index (χ1n) is 4.46. The lowest BCUT2D eigenvalue weighted by molar-refractivity contribution is 0.622. The van der Waals surface area contributed by atoms with Crippen molar-refractivity contribution in [2.24, 2.45) is 0 Å². The summed E-state index contributed by atoms with van der Waals surface area (Å²) in [6.45, 7) is 0. The number of anilines is 3. The molecule has 0 aliphatic carbocycles. The van der Waals surface area contributed by atoms with Crippen LogP contribution in [0, 0.1) is 5.82 Å². The van der Waals surface area contributed by atoms with Crippen molar-refractivity contribution in [2.75, 3.05) is 11.1 Å². The van der Waals surface area contributed by atoms with Crippen molar-refractivity contribution >= 4 is 33.3 Å². The van der Waals surface area contributed by atoms with E-state index in [1.54, 1.807) is 24.3 Å². The van der Waals surface area contributed by atoms with Crippen LogP contribution < -0.4 is 11.1 Å². The van der Waals surface area contributed by atoms with Gasteiger partial charge in [0.1, 0.15) is 11.6 Å². The Kier molecular flexibility index (Phi) is 3.00. The fourth-order valence-corrected chi connectivity index (χ4v) is 1.38. The van der Waals surface area contributed by atoms with Crippen LogP contribution in [0.4, 0.5) is 21.7 Å². The molecule has 0 spiro atoms. The number of hydrogen-bond acceptors (Lipinski definition) is 4. The van der Waals surface area contributed by atoms with Gasteiger partial charge in [-0.05, 0) is 46.3 Å². The molecule has 6 heteroatoms. The Morgan fingerprint density at radius 1 is 1.19 bits per heavy atom. The van der Waals surface area contributed by atoms with Crippen molar-refractivity contribution in [1.29, 1.82) is 0 Å². The number of nitrogens with one attached hydrogen (secondary N) is 1. The summed E-state index contributed by atoms with van der Waals surface area (Å²) in [5.41, 5.74) is 5.99. The van der Waals surface area contributed by atoms with Gasteiger partial charge in [-0.15, -0.1) is 10.2 Å². The quantitative estimate of drug-likeness (QED) is 0.889. The number of halogens is 2. The van der Waals surface area contributed by atoms with E-state index in [0.717, 1.165) is 0 Å². The van der Waals surface area contributed by atoms with Gasteiger partial charge in [0.15, 0.2) is 5.82 Å². The topological polar surface area (TPSA) is 63.8 Å². The van der Waals surface area contributed by atoms with Crippen molar-refractivity contribution < 1.29 is 4.39 Å². The maximum Gasteiger partial charge on any atom is 0.153 e. The summed E-state index contributed by atoms with van der Waals surface area (Å²) in [5, 5.41) is 10.4. The van der Waals surface area contributed by atoms with Gasteiger partial charge in [-0.3, -0.25) is 0 Å². The van der Waals surface area contributed by atoms with E-state index < -0.39 is 0 Å². The molecule has 2 rings (SSSR count). The Hall–Kier alpha value is -1.69. The standard InChI is InChI=1S/C10H8BrFN4/c11-7-2-1-6(5-8(7)12)14-10-4-3-9(13)15-16-10/h1-5H,(H2,13,15)(H,14,16). The van der Waals surface area contributed by atoms with Crippen LogP contribution in [0.3, 0.4) is 0 Å². The first kappa shape index (κ1) is 10.8. The molecule has 0 aliphatic heterocycles. The summed E-state index contributed by atoms with van der Waals surface area (Å²) >= 11 is 3.08. The smallest absolute Gasteiger partial charge is 0.153 e. The number of nitrogens with zero attached hydrogens (tertiary/aromatic N) is 2. The van der Waals surface area contributed by atoms with Gasteiger partial charge in [0.2, 0.25) is 0 Å². The molecule has 82 valence electrons. The fourth-order valence-electron chi connectivity index (χ4n) is 1.13. The van der Waals surface area contributed by atoms with E-state index in [1.165, 1.54) is 6.07 Å². The zero-order chi connectivity index (χ0) is 11.5. The third kappa shape index (κ3) is 2.46. The van der Waals surface area contributed by atoms with Crippen LogP contribution >= 0.6 is 15.9 Å². The van der Waals surface area contributed by atoms with Crippen molar-refractivity contribution in [1.82, 2.24) is 10.2 Å². The van der Waals surface area contributed by atoms with Gasteiger partial charge in [-0.2, -0.15) is 0 Å². The normalized spacial score (nSPS) is 10.1. The number of hydrogen-bond donors (Lipinski definition) is 2. The van der Waals surface area contributed by atoms with Crippen LogP contribution in [0.25, 0.3) is 0 Å². The Morgan fingerprint density at radius 3 is 2.62 bits per heavy atom. The van der Waals surface area contributed by atoms with Gasteiger partial charge >= 0.3 is 0 Å². The second-order valence-corrected chi connectivity index (χ2v) is 3.95. The summed E-state index contributed by atoms with van der Waals surface area (Å²) in [4.78, 5) is 0. The average molecular weight is 283 g/mol. The van der Waals surface area contributed by atoms with Gasteiger partial charge in [-0.1, -0.05) is 0 Å². The number of aromatic nitrogens is 2. The van der Waals surface area contributed by atoms with E-state index in [2.05, 4.69) is 31.4 Å². The Morgan fingerprint density at radius 2 is 2.00 bits per heavy atom. The van der Waals surface area contributed by atoms with Gasteiger partial charge < -0.3 is 11.1 Å². The molecule has 1 aromatic heterocycles. The molecule has 0 unspecified atom stereocenters. The van der Waals surface area contributed by atoms with Crippen molar-refractivity contribution in [3.8, 4) is 0 Å². The van der Waals surface area contributed by atoms with Gasteiger partial charge in [0, 0.05) is 5.69 Å². The third-order valence-corrected chi connectivity index (χ3v) is 2.52. The van der Waals surface area contributed by atoms with Crippen molar-refractivity contribution in [3.63, 3.8) is 0 Å². The molecule has 2 aromatic rings. The average Bonchev–Trinajstić information content (AvgIpc) is 2.27. The Labute approximate surface area is 99.8 Å². The van der Waals surface area contributed by atoms with E-state index in [0.29, 0.717) is 21.8 Å². The zero-order valence-corrected chi connectivity index (χ0v) is 9.70. The highest BCUT2D eigenvalue weighted by molar-refractivity contribution is 9.10. The molecular formula is C10H8BrFN4. The lowest BCUT2D eigenvalue weighted by atomic mass is 10.3. The molecule has 1 heterocycles. The van der Waals surface area contributed by atoms with E-state index >= 15 is 0 Å². The molecule has 16 heavy (non-hydrogen) atoms. The lowest BCUT2D eigenvalue weighted by Gasteiger charge is -2.05. The highest BCUT2D eigenvalue weighted by atomic mass is 79.9. The molecule has 3 N–H and O–H groups in total. The largest absolute Gasteiger partial charge is 0.382 e. The number of nitrogen functional groups attached to an aromatic ring is 1. The summed E-state index contributed by atoms with van der Waals surface area (Å²) in [6.07, 6.45) is 0. The second-order valence-electron chi connectivity index (χ2n) is 3.10. The lowest BCUT2D eigenvalue weighted by Crippen LogP contribution is -1.98. The van der Waals surface area contributed by atoms with Gasteiger partial charge in [-0.25, -0.2) is 4.39 Å². The number of rotatable bonds is 2. The van der Waals surface area contributed by atoms with Crippen LogP contribution in [0.1, 0.15) is 0 Å². The minimum absolute atomic E-state index is 0.339. The second kappa shape index (κ2) is 4.44. The molecular weight excluding hydrogens is 275 g/mol. The molecule has 0 saturated carbocycles. The Bertz CT molecular complexity index is 501. The summed E-state index contributed by atoms with van der Waals surface area (Å²) in [7, 11) is 0. The van der Waals surface area contributed by atoms with Crippen LogP contribution in [-0.4, -0.2) is 10.2 Å². The molecule has 0 amide bonds. The van der Waals surface area contributed by atoms with E-state index in [-0.39, 0.29) is 5.82 Å². The monoisotopic (exact) mass is 282 g/mol. The van der Waals surface area contributed by atoms with Crippen LogP contribution in [0.15, 0.2) is 34.8 Å².